The van der Waals surface area contributed by atoms with E-state index in [4.69, 9.17) is 4.74 Å². The van der Waals surface area contributed by atoms with Gasteiger partial charge in [0.15, 0.2) is 0 Å². The second-order valence-corrected chi connectivity index (χ2v) is 5.62. The second-order valence-electron chi connectivity index (χ2n) is 5.62. The van der Waals surface area contributed by atoms with Crippen molar-refractivity contribution in [2.75, 3.05) is 24.4 Å². The Kier molecular flexibility index (Phi) is 6.37. The fourth-order valence-electron chi connectivity index (χ4n) is 2.82. The smallest absolute Gasteiger partial charge is 0.250 e. The molecule has 0 aliphatic heterocycles. The molecule has 0 aliphatic rings. The summed E-state index contributed by atoms with van der Waals surface area (Å²) in [5.74, 6) is -0.163. The van der Waals surface area contributed by atoms with Crippen molar-refractivity contribution in [1.82, 2.24) is 9.78 Å². The highest BCUT2D eigenvalue weighted by Gasteiger charge is 2.13. The van der Waals surface area contributed by atoms with Gasteiger partial charge in [0.25, 0.3) is 0 Å². The van der Waals surface area contributed by atoms with Crippen molar-refractivity contribution in [2.45, 2.75) is 33.2 Å². The number of benzene rings is 1. The Morgan fingerprint density at radius 3 is 2.67 bits per heavy atom. The molecule has 6 nitrogen and oxygen atoms in total. The average Bonchev–Trinajstić information content (AvgIpc) is 2.88. The molecular formula is C18H26N4O2. The van der Waals surface area contributed by atoms with E-state index >= 15 is 0 Å². The molecule has 0 fully saturated rings. The Morgan fingerprint density at radius 1 is 1.25 bits per heavy atom. The molecule has 0 saturated heterocycles. The second kappa shape index (κ2) is 8.49. The topological polar surface area (TPSA) is 68.2 Å². The number of anilines is 2. The fourth-order valence-corrected chi connectivity index (χ4v) is 2.82. The third-order valence-corrected chi connectivity index (χ3v) is 3.92. The Labute approximate surface area is 143 Å². The first kappa shape index (κ1) is 18.0. The number of carbonyl (C=O) groups excluding carboxylic acids is 1. The minimum atomic E-state index is -0.163. The lowest BCUT2D eigenvalue weighted by molar-refractivity contribution is -0.119. The Hall–Kier alpha value is -2.34. The predicted octanol–water partition coefficient (Wildman–Crippen LogP) is 2.74. The van der Waals surface area contributed by atoms with Crippen molar-refractivity contribution in [3.05, 3.63) is 41.2 Å². The molecule has 0 saturated carbocycles. The molecule has 0 bridgehead atoms. The lowest BCUT2D eigenvalue weighted by Crippen LogP contribution is -2.17. The van der Waals surface area contributed by atoms with Crippen LogP contribution in [0.2, 0.25) is 0 Å². The highest BCUT2D eigenvalue weighted by molar-refractivity contribution is 5.92. The van der Waals surface area contributed by atoms with Gasteiger partial charge in [-0.05, 0) is 31.0 Å². The molecule has 0 radical (unpaired) electrons. The van der Waals surface area contributed by atoms with Gasteiger partial charge in [-0.15, -0.1) is 0 Å². The Bertz CT molecular complexity index is 694. The quantitative estimate of drug-likeness (QED) is 0.781. The zero-order valence-corrected chi connectivity index (χ0v) is 14.8. The van der Waals surface area contributed by atoms with Gasteiger partial charge >= 0.3 is 0 Å². The first-order chi connectivity index (χ1) is 11.6. The summed E-state index contributed by atoms with van der Waals surface area (Å²) in [6, 6.07) is 7.67. The van der Waals surface area contributed by atoms with E-state index < -0.39 is 0 Å². The number of rotatable bonds is 8. The lowest BCUT2D eigenvalue weighted by atomic mass is 10.1. The van der Waals surface area contributed by atoms with Gasteiger partial charge < -0.3 is 15.4 Å². The molecule has 130 valence electrons. The van der Waals surface area contributed by atoms with Crippen molar-refractivity contribution in [2.24, 2.45) is 7.05 Å². The first-order valence-corrected chi connectivity index (χ1v) is 8.25. The summed E-state index contributed by atoms with van der Waals surface area (Å²) < 4.78 is 6.80. The number of nitrogens with zero attached hydrogens (tertiary/aromatic N) is 2. The van der Waals surface area contributed by atoms with Gasteiger partial charge in [0, 0.05) is 43.3 Å². The number of carbonyl (C=O) groups is 1. The van der Waals surface area contributed by atoms with Crippen LogP contribution in [-0.2, 0) is 36.0 Å². The minimum absolute atomic E-state index is 0.0487. The standard InChI is InChI=1S/C18H26N4O2/c1-5-16-15(17(6-2)22(3)21-16)11-19-13-8-7-9-14(10-13)20-18(23)12-24-4/h7-10,19H,5-6,11-12H2,1-4H3,(H,20,23). The minimum Gasteiger partial charge on any atom is -0.381 e. The molecule has 0 spiro atoms. The van der Waals surface area contributed by atoms with Gasteiger partial charge in [0.2, 0.25) is 5.91 Å². The van der Waals surface area contributed by atoms with Crippen LogP contribution in [-0.4, -0.2) is 29.4 Å². The van der Waals surface area contributed by atoms with Crippen LogP contribution in [0.4, 0.5) is 11.4 Å². The van der Waals surface area contributed by atoms with E-state index in [1.165, 1.54) is 18.4 Å². The van der Waals surface area contributed by atoms with Crippen molar-refractivity contribution >= 4 is 17.3 Å². The van der Waals surface area contributed by atoms with Crippen LogP contribution in [0.25, 0.3) is 0 Å². The molecule has 24 heavy (non-hydrogen) atoms. The van der Waals surface area contributed by atoms with Crippen LogP contribution in [0, 0.1) is 0 Å². The third-order valence-electron chi connectivity index (χ3n) is 3.92. The summed E-state index contributed by atoms with van der Waals surface area (Å²) in [4.78, 5) is 11.6. The highest BCUT2D eigenvalue weighted by atomic mass is 16.5. The van der Waals surface area contributed by atoms with E-state index in [1.807, 2.05) is 36.0 Å². The van der Waals surface area contributed by atoms with Crippen LogP contribution in [0.3, 0.4) is 0 Å². The van der Waals surface area contributed by atoms with E-state index in [9.17, 15) is 4.79 Å². The molecule has 0 aliphatic carbocycles. The van der Waals surface area contributed by atoms with E-state index in [0.29, 0.717) is 0 Å². The van der Waals surface area contributed by atoms with Crippen molar-refractivity contribution in [3.8, 4) is 0 Å². The molecule has 2 rings (SSSR count). The summed E-state index contributed by atoms with van der Waals surface area (Å²) in [6.07, 6.45) is 1.87. The Balaban J connectivity index is 2.09. The highest BCUT2D eigenvalue weighted by Crippen LogP contribution is 2.20. The SMILES string of the molecule is CCc1nn(C)c(CC)c1CNc1cccc(NC(=O)COC)c1. The number of methoxy groups -OCH3 is 1. The number of ether oxygens (including phenoxy) is 1. The van der Waals surface area contributed by atoms with E-state index in [0.717, 1.165) is 36.5 Å². The largest absolute Gasteiger partial charge is 0.381 e. The monoisotopic (exact) mass is 330 g/mol. The van der Waals surface area contributed by atoms with Crippen LogP contribution in [0.1, 0.15) is 30.8 Å². The maximum atomic E-state index is 11.6. The summed E-state index contributed by atoms with van der Waals surface area (Å²) in [7, 11) is 3.50. The summed E-state index contributed by atoms with van der Waals surface area (Å²) >= 11 is 0. The molecule has 6 heteroatoms. The molecule has 1 aromatic carbocycles. The number of aromatic nitrogens is 2. The summed E-state index contributed by atoms with van der Waals surface area (Å²) in [5, 5.41) is 10.8. The average molecular weight is 330 g/mol. The molecule has 1 aromatic heterocycles. The molecule has 0 unspecified atom stereocenters. The van der Waals surface area contributed by atoms with Gasteiger partial charge in [-0.25, -0.2) is 0 Å². The number of nitrogens with one attached hydrogen (secondary N) is 2. The first-order valence-electron chi connectivity index (χ1n) is 8.25. The summed E-state index contributed by atoms with van der Waals surface area (Å²) in [6.45, 7) is 5.03. The van der Waals surface area contributed by atoms with Crippen LogP contribution >= 0.6 is 0 Å². The van der Waals surface area contributed by atoms with E-state index in [2.05, 4.69) is 29.6 Å². The van der Waals surface area contributed by atoms with Crippen molar-refractivity contribution < 1.29 is 9.53 Å². The van der Waals surface area contributed by atoms with Crippen LogP contribution in [0.5, 0.6) is 0 Å². The maximum absolute atomic E-state index is 11.6. The van der Waals surface area contributed by atoms with E-state index in [1.54, 1.807) is 0 Å². The van der Waals surface area contributed by atoms with Crippen molar-refractivity contribution in [3.63, 3.8) is 0 Å². The maximum Gasteiger partial charge on any atom is 0.250 e. The number of hydrogen-bond acceptors (Lipinski definition) is 4. The summed E-state index contributed by atoms with van der Waals surface area (Å²) in [5.41, 5.74) is 5.35. The normalized spacial score (nSPS) is 10.7. The van der Waals surface area contributed by atoms with Crippen LogP contribution in [0.15, 0.2) is 24.3 Å². The molecule has 1 amide bonds. The zero-order valence-electron chi connectivity index (χ0n) is 14.8. The molecule has 1 heterocycles. The molecular weight excluding hydrogens is 304 g/mol. The van der Waals surface area contributed by atoms with E-state index in [-0.39, 0.29) is 12.5 Å². The van der Waals surface area contributed by atoms with Crippen molar-refractivity contribution in [1.29, 1.82) is 0 Å². The Morgan fingerprint density at radius 2 is 2.00 bits per heavy atom. The number of hydrogen-bond donors (Lipinski definition) is 2. The van der Waals surface area contributed by atoms with Crippen LogP contribution < -0.4 is 10.6 Å². The van der Waals surface area contributed by atoms with Gasteiger partial charge in [0.05, 0.1) is 5.69 Å². The number of amides is 1. The lowest BCUT2D eigenvalue weighted by Gasteiger charge is -2.11. The molecule has 2 N–H and O–H groups in total. The molecule has 0 atom stereocenters. The predicted molar refractivity (Wildman–Crippen MR) is 96.2 cm³/mol. The zero-order chi connectivity index (χ0) is 17.5. The van der Waals surface area contributed by atoms with Gasteiger partial charge in [-0.3, -0.25) is 9.48 Å². The molecule has 2 aromatic rings. The van der Waals surface area contributed by atoms with Gasteiger partial charge in [-0.1, -0.05) is 19.9 Å². The third kappa shape index (κ3) is 4.35. The number of aryl methyl sites for hydroxylation is 2. The van der Waals surface area contributed by atoms with Gasteiger partial charge in [0.1, 0.15) is 6.61 Å². The fraction of sp³-hybridized carbons (Fsp3) is 0.444. The van der Waals surface area contributed by atoms with Gasteiger partial charge in [-0.2, -0.15) is 5.10 Å².